The highest BCUT2D eigenvalue weighted by Gasteiger charge is 2.25. The number of hydrogen-bond donors (Lipinski definition) is 2. The number of H-pyrrole nitrogens is 1. The van der Waals surface area contributed by atoms with E-state index in [1.165, 1.54) is 18.2 Å². The summed E-state index contributed by atoms with van der Waals surface area (Å²) in [7, 11) is 0. The van der Waals surface area contributed by atoms with Crippen molar-refractivity contribution in [2.75, 3.05) is 38.0 Å². The Labute approximate surface area is 176 Å². The van der Waals surface area contributed by atoms with E-state index in [1.54, 1.807) is 24.8 Å². The van der Waals surface area contributed by atoms with Crippen molar-refractivity contribution >= 4 is 28.5 Å². The van der Waals surface area contributed by atoms with Crippen LogP contribution in [0, 0.1) is 19.7 Å². The smallest absolute Gasteiger partial charge is 0.277 e. The number of carbonyl (C=O) groups excluding carboxylic acids is 2. The van der Waals surface area contributed by atoms with Crippen LogP contribution in [0.5, 0.6) is 0 Å². The van der Waals surface area contributed by atoms with Crippen molar-refractivity contribution in [2.45, 2.75) is 13.8 Å². The molecule has 1 aliphatic heterocycles. The molecule has 1 saturated heterocycles. The van der Waals surface area contributed by atoms with Crippen molar-refractivity contribution in [1.82, 2.24) is 20.0 Å². The van der Waals surface area contributed by atoms with E-state index in [2.05, 4.69) is 15.5 Å². The molecule has 2 amide bonds. The number of nitrogens with one attached hydrogen (secondary N) is 2. The van der Waals surface area contributed by atoms with E-state index in [0.717, 1.165) is 0 Å². The van der Waals surface area contributed by atoms with Crippen molar-refractivity contribution < 1.29 is 18.4 Å². The van der Waals surface area contributed by atoms with E-state index < -0.39 is 11.4 Å². The molecule has 1 aromatic carbocycles. The summed E-state index contributed by atoms with van der Waals surface area (Å²) in [6, 6.07) is 5.89. The number of aromatic nitrogens is 2. The zero-order valence-corrected chi connectivity index (χ0v) is 17.2. The minimum absolute atomic E-state index is 0.0452. The van der Waals surface area contributed by atoms with Crippen LogP contribution in [-0.2, 0) is 4.79 Å². The number of anilines is 1. The summed E-state index contributed by atoms with van der Waals surface area (Å²) < 4.78 is 19.5. The molecule has 9 nitrogen and oxygen atoms in total. The quantitative estimate of drug-likeness (QED) is 0.655. The van der Waals surface area contributed by atoms with E-state index in [-0.39, 0.29) is 35.2 Å². The second-order valence-electron chi connectivity index (χ2n) is 7.47. The Balaban J connectivity index is 1.38. The number of rotatable bonds is 4. The molecule has 1 fully saturated rings. The van der Waals surface area contributed by atoms with Crippen LogP contribution in [0.4, 0.5) is 10.3 Å². The van der Waals surface area contributed by atoms with Gasteiger partial charge in [-0.2, -0.15) is 5.10 Å². The first-order chi connectivity index (χ1) is 14.8. The number of nitrogens with zero attached hydrogens (tertiary/aromatic N) is 3. The van der Waals surface area contributed by atoms with Crippen LogP contribution in [0.1, 0.15) is 21.8 Å². The Hall–Kier alpha value is -3.53. The number of halogens is 1. The Morgan fingerprint density at radius 1 is 1.16 bits per heavy atom. The van der Waals surface area contributed by atoms with Crippen molar-refractivity contribution in [3.63, 3.8) is 0 Å². The second kappa shape index (κ2) is 8.31. The van der Waals surface area contributed by atoms with Crippen LogP contribution in [0.2, 0.25) is 0 Å². The maximum atomic E-state index is 13.9. The largest absolute Gasteiger partial charge is 0.444 e. The predicted molar refractivity (Wildman–Crippen MR) is 111 cm³/mol. The number of carbonyl (C=O) groups is 2. The van der Waals surface area contributed by atoms with Crippen molar-refractivity contribution in [3.05, 3.63) is 57.5 Å². The maximum Gasteiger partial charge on any atom is 0.277 e. The number of piperazine rings is 1. The minimum atomic E-state index is -0.546. The lowest BCUT2D eigenvalue weighted by Gasteiger charge is -2.34. The summed E-state index contributed by atoms with van der Waals surface area (Å²) in [6.45, 7) is 5.23. The predicted octanol–water partition coefficient (Wildman–Crippen LogP) is 1.67. The van der Waals surface area contributed by atoms with Gasteiger partial charge in [0.2, 0.25) is 11.8 Å². The molecule has 0 unspecified atom stereocenters. The molecule has 3 heterocycles. The van der Waals surface area contributed by atoms with E-state index in [4.69, 9.17) is 4.42 Å². The molecule has 0 spiro atoms. The molecular weight excluding hydrogens is 405 g/mol. The van der Waals surface area contributed by atoms with Gasteiger partial charge in [-0.1, -0.05) is 12.1 Å². The van der Waals surface area contributed by atoms with Gasteiger partial charge < -0.3 is 9.32 Å². The second-order valence-corrected chi connectivity index (χ2v) is 7.47. The van der Waals surface area contributed by atoms with Gasteiger partial charge in [-0.3, -0.25) is 24.6 Å². The molecule has 0 saturated carbocycles. The molecule has 3 aromatic rings. The first-order valence-corrected chi connectivity index (χ1v) is 9.89. The van der Waals surface area contributed by atoms with Crippen LogP contribution >= 0.6 is 0 Å². The summed E-state index contributed by atoms with van der Waals surface area (Å²) in [5.41, 5.74) is 0.212. The van der Waals surface area contributed by atoms with Gasteiger partial charge in [0.15, 0.2) is 0 Å². The Morgan fingerprint density at radius 3 is 2.58 bits per heavy atom. The molecule has 0 bridgehead atoms. The summed E-state index contributed by atoms with van der Waals surface area (Å²) >= 11 is 0. The minimum Gasteiger partial charge on any atom is -0.444 e. The summed E-state index contributed by atoms with van der Waals surface area (Å²) in [4.78, 5) is 40.7. The van der Waals surface area contributed by atoms with Crippen LogP contribution in [-0.4, -0.2) is 64.5 Å². The Morgan fingerprint density at radius 2 is 1.87 bits per heavy atom. The molecule has 10 heteroatoms. The number of fused-ring (bicyclic) bond motifs is 1. The van der Waals surface area contributed by atoms with E-state index >= 15 is 0 Å². The molecule has 0 atom stereocenters. The normalized spacial score (nSPS) is 14.7. The van der Waals surface area contributed by atoms with E-state index in [1.807, 2.05) is 4.90 Å². The number of aromatic amines is 1. The van der Waals surface area contributed by atoms with Gasteiger partial charge in [-0.05, 0) is 26.0 Å². The lowest BCUT2D eigenvalue weighted by molar-refractivity contribution is -0.117. The first-order valence-electron chi connectivity index (χ1n) is 9.89. The Kier molecular flexibility index (Phi) is 5.55. The Bertz CT molecular complexity index is 1210. The van der Waals surface area contributed by atoms with Gasteiger partial charge in [0.1, 0.15) is 17.0 Å². The number of hydrogen-bond acceptors (Lipinski definition) is 6. The zero-order valence-electron chi connectivity index (χ0n) is 17.2. The molecule has 2 N–H and O–H groups in total. The van der Waals surface area contributed by atoms with Gasteiger partial charge in [-0.15, -0.1) is 0 Å². The monoisotopic (exact) mass is 427 g/mol. The molecule has 31 heavy (non-hydrogen) atoms. The van der Waals surface area contributed by atoms with Gasteiger partial charge >= 0.3 is 0 Å². The number of benzene rings is 1. The molecule has 0 aliphatic carbocycles. The highest BCUT2D eigenvalue weighted by atomic mass is 19.1. The standard InChI is InChI=1S/C21H22FN5O4/c1-12-17-13(2)31-20(18(17)19(29)25-24-12)23-16(28)11-26-7-9-27(10-8-26)21(30)14-5-3-4-6-15(14)22/h3-6H,7-11H2,1-2H3,(H,23,28)(H,25,29). The molecular formula is C21H22FN5O4. The molecule has 0 radical (unpaired) electrons. The van der Waals surface area contributed by atoms with Crippen molar-refractivity contribution in [3.8, 4) is 0 Å². The maximum absolute atomic E-state index is 13.9. The average molecular weight is 427 g/mol. The van der Waals surface area contributed by atoms with Crippen LogP contribution < -0.4 is 10.9 Å². The van der Waals surface area contributed by atoms with Crippen LogP contribution in [0.15, 0.2) is 33.5 Å². The van der Waals surface area contributed by atoms with Crippen molar-refractivity contribution in [1.29, 1.82) is 0 Å². The summed E-state index contributed by atoms with van der Waals surface area (Å²) in [6.07, 6.45) is 0. The third kappa shape index (κ3) is 4.06. The lowest BCUT2D eigenvalue weighted by atomic mass is 10.1. The SMILES string of the molecule is Cc1n[nH]c(=O)c2c(NC(=O)CN3CCN(C(=O)c4ccccc4F)CC3)oc(C)c12. The van der Waals surface area contributed by atoms with Gasteiger partial charge in [-0.25, -0.2) is 9.49 Å². The van der Waals surface area contributed by atoms with Crippen LogP contribution in [0.25, 0.3) is 10.8 Å². The fourth-order valence-electron chi connectivity index (χ4n) is 3.81. The summed E-state index contributed by atoms with van der Waals surface area (Å²) in [5.74, 6) is -0.642. The first kappa shape index (κ1) is 20.7. The molecule has 4 rings (SSSR count). The number of amides is 2. The number of furan rings is 1. The van der Waals surface area contributed by atoms with E-state index in [9.17, 15) is 18.8 Å². The molecule has 2 aromatic heterocycles. The van der Waals surface area contributed by atoms with Crippen molar-refractivity contribution in [2.24, 2.45) is 0 Å². The molecule has 1 aliphatic rings. The average Bonchev–Trinajstić information content (AvgIpc) is 3.08. The fourth-order valence-corrected chi connectivity index (χ4v) is 3.81. The summed E-state index contributed by atoms with van der Waals surface area (Å²) in [5, 5.41) is 9.83. The third-order valence-electron chi connectivity index (χ3n) is 5.38. The fraction of sp³-hybridized carbons (Fsp3) is 0.333. The topological polar surface area (TPSA) is 112 Å². The highest BCUT2D eigenvalue weighted by molar-refractivity contribution is 6.02. The lowest BCUT2D eigenvalue weighted by Crippen LogP contribution is -2.50. The van der Waals surface area contributed by atoms with E-state index in [0.29, 0.717) is 43.0 Å². The number of aryl methyl sites for hydroxylation is 2. The highest BCUT2D eigenvalue weighted by Crippen LogP contribution is 2.28. The zero-order chi connectivity index (χ0) is 22.1. The van der Waals surface area contributed by atoms with Gasteiger partial charge in [0, 0.05) is 26.2 Å². The van der Waals surface area contributed by atoms with Gasteiger partial charge in [0.25, 0.3) is 11.5 Å². The van der Waals surface area contributed by atoms with Crippen LogP contribution in [0.3, 0.4) is 0 Å². The molecule has 162 valence electrons. The third-order valence-corrected chi connectivity index (χ3v) is 5.38. The van der Waals surface area contributed by atoms with Gasteiger partial charge in [0.05, 0.1) is 23.2 Å².